The van der Waals surface area contributed by atoms with Gasteiger partial charge in [0.25, 0.3) is 5.92 Å². The zero-order valence-corrected chi connectivity index (χ0v) is 10.2. The van der Waals surface area contributed by atoms with Crippen LogP contribution in [0.1, 0.15) is 30.9 Å². The van der Waals surface area contributed by atoms with E-state index in [4.69, 9.17) is 10.00 Å². The van der Waals surface area contributed by atoms with Crippen LogP contribution in [0.4, 0.5) is 8.78 Å². The van der Waals surface area contributed by atoms with E-state index in [0.717, 1.165) is 0 Å². The molecular formula is C14H15F2NO. The van der Waals surface area contributed by atoms with Crippen LogP contribution in [-0.2, 0) is 16.1 Å². The Kier molecular flexibility index (Phi) is 3.36. The smallest absolute Gasteiger partial charge is 0.273 e. The van der Waals surface area contributed by atoms with Crippen molar-refractivity contribution in [2.24, 2.45) is 0 Å². The van der Waals surface area contributed by atoms with E-state index in [-0.39, 0.29) is 25.2 Å². The fourth-order valence-electron chi connectivity index (χ4n) is 2.10. The number of hydrogen-bond acceptors (Lipinski definition) is 2. The molecule has 1 aromatic carbocycles. The summed E-state index contributed by atoms with van der Waals surface area (Å²) < 4.78 is 32.7. The number of ether oxygens (including phenoxy) is 1. The number of alkyl halides is 2. The third-order valence-corrected chi connectivity index (χ3v) is 3.31. The van der Waals surface area contributed by atoms with E-state index >= 15 is 0 Å². The number of rotatable bonds is 4. The Morgan fingerprint density at radius 1 is 1.44 bits per heavy atom. The number of halogens is 2. The molecule has 1 saturated heterocycles. The van der Waals surface area contributed by atoms with Crippen LogP contribution in [0.5, 0.6) is 0 Å². The average Bonchev–Trinajstić information content (AvgIpc) is 2.29. The maximum absolute atomic E-state index is 13.8. The summed E-state index contributed by atoms with van der Waals surface area (Å²) in [6.07, 6.45) is 0.246. The standard InChI is InChI=1S/C14H15F2NO/c1-2-6-14(15,16)12-5-3-4-11(7-12)13(8-17)9-18-10-13/h3-5,7H,2,6,9-10H2,1H3. The highest BCUT2D eigenvalue weighted by molar-refractivity contribution is 5.39. The second-order valence-electron chi connectivity index (χ2n) is 4.72. The molecule has 4 heteroatoms. The molecule has 0 atom stereocenters. The van der Waals surface area contributed by atoms with Crippen LogP contribution in [0.2, 0.25) is 0 Å². The lowest BCUT2D eigenvalue weighted by molar-refractivity contribution is -0.0312. The Bertz CT molecular complexity index is 475. The van der Waals surface area contributed by atoms with E-state index in [1.54, 1.807) is 19.1 Å². The van der Waals surface area contributed by atoms with Gasteiger partial charge in [-0.3, -0.25) is 0 Å². The quantitative estimate of drug-likeness (QED) is 0.822. The fourth-order valence-corrected chi connectivity index (χ4v) is 2.10. The van der Waals surface area contributed by atoms with Gasteiger partial charge in [0.05, 0.1) is 19.3 Å². The lowest BCUT2D eigenvalue weighted by Crippen LogP contribution is -2.45. The monoisotopic (exact) mass is 251 g/mol. The SMILES string of the molecule is CCCC(F)(F)c1cccc(C2(C#N)COC2)c1. The highest BCUT2D eigenvalue weighted by Gasteiger charge is 2.42. The van der Waals surface area contributed by atoms with Crippen LogP contribution in [0.3, 0.4) is 0 Å². The van der Waals surface area contributed by atoms with Crippen molar-refractivity contribution in [2.75, 3.05) is 13.2 Å². The summed E-state index contributed by atoms with van der Waals surface area (Å²) in [5.41, 5.74) is -0.119. The first-order valence-corrected chi connectivity index (χ1v) is 6.02. The second-order valence-corrected chi connectivity index (χ2v) is 4.72. The molecule has 1 aliphatic rings. The highest BCUT2D eigenvalue weighted by Crippen LogP contribution is 2.37. The van der Waals surface area contributed by atoms with Crippen molar-refractivity contribution >= 4 is 0 Å². The molecule has 2 nitrogen and oxygen atoms in total. The van der Waals surface area contributed by atoms with Crippen molar-refractivity contribution in [1.29, 1.82) is 5.26 Å². The van der Waals surface area contributed by atoms with Gasteiger partial charge in [-0.1, -0.05) is 31.5 Å². The molecule has 0 saturated carbocycles. The van der Waals surface area contributed by atoms with Crippen LogP contribution >= 0.6 is 0 Å². The van der Waals surface area contributed by atoms with Crippen molar-refractivity contribution in [3.63, 3.8) is 0 Å². The fraction of sp³-hybridized carbons (Fsp3) is 0.500. The molecule has 0 amide bonds. The minimum absolute atomic E-state index is 0.0108. The Morgan fingerprint density at radius 3 is 2.67 bits per heavy atom. The van der Waals surface area contributed by atoms with Gasteiger partial charge in [-0.05, 0) is 11.6 Å². The molecule has 0 unspecified atom stereocenters. The van der Waals surface area contributed by atoms with Crippen LogP contribution in [0.25, 0.3) is 0 Å². The Balaban J connectivity index is 2.34. The Hall–Kier alpha value is -1.47. The molecule has 0 N–H and O–H groups in total. The maximum Gasteiger partial charge on any atom is 0.273 e. The first kappa shape index (κ1) is 13.0. The van der Waals surface area contributed by atoms with Crippen molar-refractivity contribution in [1.82, 2.24) is 0 Å². The zero-order chi connectivity index (χ0) is 13.2. The molecule has 96 valence electrons. The van der Waals surface area contributed by atoms with E-state index in [0.29, 0.717) is 12.0 Å². The van der Waals surface area contributed by atoms with Crippen LogP contribution in [-0.4, -0.2) is 13.2 Å². The van der Waals surface area contributed by atoms with Gasteiger partial charge in [0.15, 0.2) is 0 Å². The molecule has 0 aliphatic carbocycles. The van der Waals surface area contributed by atoms with Gasteiger partial charge < -0.3 is 4.74 Å². The first-order valence-electron chi connectivity index (χ1n) is 6.02. The molecule has 2 rings (SSSR count). The lowest BCUT2D eigenvalue weighted by atomic mass is 9.79. The first-order chi connectivity index (χ1) is 8.54. The summed E-state index contributed by atoms with van der Waals surface area (Å²) >= 11 is 0. The molecular weight excluding hydrogens is 236 g/mol. The summed E-state index contributed by atoms with van der Waals surface area (Å²) in [4.78, 5) is 0. The molecule has 1 fully saturated rings. The predicted molar refractivity (Wildman–Crippen MR) is 63.4 cm³/mol. The van der Waals surface area contributed by atoms with E-state index in [9.17, 15) is 8.78 Å². The molecule has 1 aliphatic heterocycles. The third-order valence-electron chi connectivity index (χ3n) is 3.31. The summed E-state index contributed by atoms with van der Waals surface area (Å²) in [7, 11) is 0. The predicted octanol–water partition coefficient (Wildman–Crippen LogP) is 3.37. The molecule has 1 heterocycles. The average molecular weight is 251 g/mol. The number of hydrogen-bond donors (Lipinski definition) is 0. The molecule has 0 radical (unpaired) electrons. The van der Waals surface area contributed by atoms with Gasteiger partial charge in [-0.2, -0.15) is 5.26 Å². The van der Waals surface area contributed by atoms with E-state index in [1.807, 2.05) is 0 Å². The third kappa shape index (κ3) is 2.11. The molecule has 0 bridgehead atoms. The minimum Gasteiger partial charge on any atom is -0.377 e. The van der Waals surface area contributed by atoms with Crippen LogP contribution in [0, 0.1) is 11.3 Å². The van der Waals surface area contributed by atoms with Crippen molar-refractivity contribution < 1.29 is 13.5 Å². The van der Waals surface area contributed by atoms with E-state index < -0.39 is 11.3 Å². The molecule has 0 spiro atoms. The summed E-state index contributed by atoms with van der Waals surface area (Å²) in [6.45, 7) is 2.30. The van der Waals surface area contributed by atoms with Gasteiger partial charge in [0.2, 0.25) is 0 Å². The highest BCUT2D eigenvalue weighted by atomic mass is 19.3. The number of benzene rings is 1. The van der Waals surface area contributed by atoms with Gasteiger partial charge in [0.1, 0.15) is 5.41 Å². The van der Waals surface area contributed by atoms with E-state index in [2.05, 4.69) is 6.07 Å². The molecule has 0 aromatic heterocycles. The number of nitriles is 1. The Morgan fingerprint density at radius 2 is 2.17 bits per heavy atom. The van der Waals surface area contributed by atoms with Gasteiger partial charge >= 0.3 is 0 Å². The summed E-state index contributed by atoms with van der Waals surface area (Å²) in [6, 6.07) is 8.35. The molecule has 1 aromatic rings. The van der Waals surface area contributed by atoms with E-state index in [1.165, 1.54) is 12.1 Å². The Labute approximate surface area is 105 Å². The minimum atomic E-state index is -2.83. The second kappa shape index (κ2) is 4.66. The zero-order valence-electron chi connectivity index (χ0n) is 10.2. The van der Waals surface area contributed by atoms with Crippen LogP contribution in [0.15, 0.2) is 24.3 Å². The maximum atomic E-state index is 13.8. The summed E-state index contributed by atoms with van der Waals surface area (Å²) in [5.74, 6) is -2.83. The summed E-state index contributed by atoms with van der Waals surface area (Å²) in [5, 5.41) is 9.17. The normalized spacial score (nSPS) is 17.9. The lowest BCUT2D eigenvalue weighted by Gasteiger charge is -2.35. The number of nitrogens with zero attached hydrogens (tertiary/aromatic N) is 1. The van der Waals surface area contributed by atoms with Crippen LogP contribution < -0.4 is 0 Å². The van der Waals surface area contributed by atoms with Crippen molar-refractivity contribution in [2.45, 2.75) is 31.1 Å². The van der Waals surface area contributed by atoms with Crippen molar-refractivity contribution in [3.05, 3.63) is 35.4 Å². The molecule has 18 heavy (non-hydrogen) atoms. The largest absolute Gasteiger partial charge is 0.377 e. The van der Waals surface area contributed by atoms with Gasteiger partial charge in [0, 0.05) is 12.0 Å². The van der Waals surface area contributed by atoms with Gasteiger partial charge in [-0.25, -0.2) is 8.78 Å². The topological polar surface area (TPSA) is 33.0 Å². The van der Waals surface area contributed by atoms with Crippen molar-refractivity contribution in [3.8, 4) is 6.07 Å². The van der Waals surface area contributed by atoms with Gasteiger partial charge in [-0.15, -0.1) is 0 Å².